The number of ketones is 2. The Morgan fingerprint density at radius 1 is 0.388 bits per heavy atom. The molecule has 80 heavy (non-hydrogen) atoms. The van der Waals surface area contributed by atoms with Gasteiger partial charge in [-0.1, -0.05) is 84.0 Å². The molecule has 0 aromatic rings. The molecule has 0 rings (SSSR count). The van der Waals surface area contributed by atoms with Crippen LogP contribution >= 0.6 is 0 Å². The van der Waals surface area contributed by atoms with E-state index in [4.69, 9.17) is 24.1 Å². The second kappa shape index (κ2) is 50.3. The Hall–Kier alpha value is -5.63. The Balaban J connectivity index is 3.98. The maximum absolute atomic E-state index is 12.5. The zero-order chi connectivity index (χ0) is 59.6. The maximum atomic E-state index is 12.5. The van der Waals surface area contributed by atoms with Gasteiger partial charge in [-0.15, -0.1) is 0 Å². The number of hydrogen-bond donors (Lipinski definition) is 10. The Bertz CT molecular complexity index is 1810. The molecule has 5 amide bonds. The number of rotatable bonds is 57. The topological polar surface area (TPSA) is 378 Å². The van der Waals surface area contributed by atoms with Crippen molar-refractivity contribution >= 4 is 65.0 Å². The fraction of sp³-hybridized carbons (Fsp3) is 0.800. The van der Waals surface area contributed by atoms with Crippen LogP contribution in [0.4, 0.5) is 0 Å². The van der Waals surface area contributed by atoms with Gasteiger partial charge in [0.25, 0.3) is 0 Å². The van der Waals surface area contributed by atoms with E-state index in [1.165, 1.54) is 32.1 Å². The van der Waals surface area contributed by atoms with Crippen LogP contribution in [-0.4, -0.2) is 183 Å². The lowest BCUT2D eigenvalue weighted by Crippen LogP contribution is -2.42. The second-order valence-electron chi connectivity index (χ2n) is 19.7. The summed E-state index contributed by atoms with van der Waals surface area (Å²) >= 11 is 0. The molecule has 0 saturated heterocycles. The first-order chi connectivity index (χ1) is 38.4. The second-order valence-corrected chi connectivity index (χ2v) is 19.7. The SMILES string of the molecule is CCC(=O)[C@H](CCCCNC(=O)CC[C@H](NC(=O)CC[C@H](CC(=O)COCCOCCNC(=O)COCCOCCNC(=O)CC[C@H](NC(=O)CCCCCCCCCCCCCCCCC(=O)O)C(=O)O)C(=O)O)C(=O)O)NC. The lowest BCUT2D eigenvalue weighted by Gasteiger charge is -2.16. The third-order valence-corrected chi connectivity index (χ3v) is 12.9. The van der Waals surface area contributed by atoms with Crippen LogP contribution in [0.1, 0.15) is 180 Å². The lowest BCUT2D eigenvalue weighted by atomic mass is 9.97. The third-order valence-electron chi connectivity index (χ3n) is 12.9. The number of Topliss-reactive ketones (excluding diaryl/α,β-unsaturated/α-hetero) is 2. The van der Waals surface area contributed by atoms with E-state index in [1.807, 2.05) is 0 Å². The molecular weight excluding hydrogens is 1050 g/mol. The highest BCUT2D eigenvalue weighted by Crippen LogP contribution is 2.16. The molecule has 0 aliphatic rings. The smallest absolute Gasteiger partial charge is 0.326 e. The van der Waals surface area contributed by atoms with Gasteiger partial charge in [0.15, 0.2) is 5.78 Å². The van der Waals surface area contributed by atoms with Crippen molar-refractivity contribution in [1.29, 1.82) is 0 Å². The molecule has 0 aromatic carbocycles. The van der Waals surface area contributed by atoms with Crippen molar-refractivity contribution in [2.75, 3.05) is 79.5 Å². The van der Waals surface area contributed by atoms with Crippen LogP contribution in [-0.2, 0) is 71.7 Å². The molecule has 10 N–H and O–H groups in total. The minimum atomic E-state index is -1.38. The third kappa shape index (κ3) is 45.1. The van der Waals surface area contributed by atoms with Crippen LogP contribution in [0.25, 0.3) is 0 Å². The average Bonchev–Trinajstić information content (AvgIpc) is 3.41. The van der Waals surface area contributed by atoms with E-state index in [0.29, 0.717) is 38.6 Å². The van der Waals surface area contributed by atoms with E-state index >= 15 is 0 Å². The van der Waals surface area contributed by atoms with Crippen molar-refractivity contribution in [3.05, 3.63) is 0 Å². The number of unbranched alkanes of at least 4 members (excludes halogenated alkanes) is 14. The summed E-state index contributed by atoms with van der Waals surface area (Å²) in [5.41, 5.74) is 0. The van der Waals surface area contributed by atoms with Crippen molar-refractivity contribution in [2.24, 2.45) is 5.92 Å². The minimum absolute atomic E-state index is 0.00237. The fourth-order valence-electron chi connectivity index (χ4n) is 8.19. The van der Waals surface area contributed by atoms with Gasteiger partial charge in [-0.05, 0) is 58.4 Å². The van der Waals surface area contributed by atoms with Crippen molar-refractivity contribution in [3.63, 3.8) is 0 Å². The van der Waals surface area contributed by atoms with Crippen molar-refractivity contribution in [2.45, 2.75) is 198 Å². The van der Waals surface area contributed by atoms with E-state index in [-0.39, 0.29) is 128 Å². The summed E-state index contributed by atoms with van der Waals surface area (Å²) in [4.78, 5) is 131. The highest BCUT2D eigenvalue weighted by Gasteiger charge is 2.26. The molecular formula is C55H96N6O19. The van der Waals surface area contributed by atoms with Crippen LogP contribution in [0.3, 0.4) is 0 Å². The number of carbonyl (C=O) groups excluding carboxylic acids is 7. The molecule has 25 nitrogen and oxygen atoms in total. The molecule has 0 aromatic heterocycles. The molecule has 0 fully saturated rings. The number of hydrogen-bond acceptors (Lipinski definition) is 16. The van der Waals surface area contributed by atoms with Crippen LogP contribution in [0.15, 0.2) is 0 Å². The summed E-state index contributed by atoms with van der Waals surface area (Å²) in [5, 5.41) is 53.1. The Morgan fingerprint density at radius 3 is 1.27 bits per heavy atom. The number of carboxylic acid groups (broad SMARTS) is 4. The van der Waals surface area contributed by atoms with Gasteiger partial charge in [0.2, 0.25) is 29.5 Å². The number of aliphatic carboxylic acids is 4. The van der Waals surface area contributed by atoms with Gasteiger partial charge in [-0.25, -0.2) is 9.59 Å². The monoisotopic (exact) mass is 1140 g/mol. The van der Waals surface area contributed by atoms with E-state index < -0.39 is 84.3 Å². The van der Waals surface area contributed by atoms with Crippen molar-refractivity contribution in [1.82, 2.24) is 31.9 Å². The molecule has 0 bridgehead atoms. The highest BCUT2D eigenvalue weighted by molar-refractivity contribution is 5.87. The molecule has 0 heterocycles. The number of likely N-dealkylation sites (N-methyl/N-ethyl adjacent to an activating group) is 1. The first-order valence-corrected chi connectivity index (χ1v) is 28.7. The highest BCUT2D eigenvalue weighted by atomic mass is 16.5. The minimum Gasteiger partial charge on any atom is -0.481 e. The largest absolute Gasteiger partial charge is 0.481 e. The van der Waals surface area contributed by atoms with Crippen LogP contribution < -0.4 is 31.9 Å². The summed E-state index contributed by atoms with van der Waals surface area (Å²) in [5.74, 6) is -8.57. The lowest BCUT2D eigenvalue weighted by molar-refractivity contribution is -0.145. The van der Waals surface area contributed by atoms with Gasteiger partial charge in [0, 0.05) is 64.6 Å². The fourth-order valence-corrected chi connectivity index (χ4v) is 8.19. The van der Waals surface area contributed by atoms with Gasteiger partial charge < -0.3 is 71.3 Å². The molecule has 0 unspecified atom stereocenters. The van der Waals surface area contributed by atoms with Gasteiger partial charge >= 0.3 is 23.9 Å². The van der Waals surface area contributed by atoms with E-state index in [0.717, 1.165) is 51.4 Å². The summed E-state index contributed by atoms with van der Waals surface area (Å²) in [7, 11) is 1.71. The van der Waals surface area contributed by atoms with Crippen LogP contribution in [0, 0.1) is 5.92 Å². The number of amides is 5. The van der Waals surface area contributed by atoms with Crippen LogP contribution in [0.5, 0.6) is 0 Å². The standard InChI is InChI=1S/C55H96N6O19/c1-3-46(63)43(56-2)20-18-19-29-57-47(64)27-24-45(55(75)76)61-50(67)26-23-41(53(71)72)38-42(62)39-79-36-34-78-33-31-59-51(68)40-80-37-35-77-32-30-58-48(65)28-25-44(54(73)74)60-49(66)21-16-14-12-10-8-6-4-5-7-9-11-13-15-17-22-52(69)70/h41,43-45,56H,3-40H2,1-2H3,(H,57,64)(H,58,65)(H,59,68)(H,60,66)(H,61,67)(H,69,70)(H,71,72)(H,73,74)(H,75,76)/t41-,43+,44+,45+/m1/s1. The van der Waals surface area contributed by atoms with Crippen molar-refractivity contribution in [3.8, 4) is 0 Å². The zero-order valence-corrected chi connectivity index (χ0v) is 47.6. The molecule has 0 aliphatic heterocycles. The molecule has 25 heteroatoms. The summed E-state index contributed by atoms with van der Waals surface area (Å²) < 4.78 is 21.3. The number of ether oxygens (including phenoxy) is 4. The van der Waals surface area contributed by atoms with Gasteiger partial charge in [0.1, 0.15) is 31.1 Å². The summed E-state index contributed by atoms with van der Waals surface area (Å²) in [6.07, 6.45) is 16.1. The van der Waals surface area contributed by atoms with E-state index in [1.54, 1.807) is 14.0 Å². The predicted octanol–water partition coefficient (Wildman–Crippen LogP) is 3.60. The van der Waals surface area contributed by atoms with Gasteiger partial charge in [0.05, 0.1) is 51.6 Å². The Labute approximate surface area is 471 Å². The van der Waals surface area contributed by atoms with E-state index in [2.05, 4.69) is 31.9 Å². The molecule has 0 aliphatic carbocycles. The molecule has 0 spiro atoms. The molecule has 460 valence electrons. The quantitative estimate of drug-likeness (QED) is 0.0389. The van der Waals surface area contributed by atoms with Gasteiger partial charge in [-0.3, -0.25) is 43.2 Å². The number of carboxylic acids is 4. The summed E-state index contributed by atoms with van der Waals surface area (Å²) in [6, 6.07) is -2.80. The number of carbonyl (C=O) groups is 11. The predicted molar refractivity (Wildman–Crippen MR) is 293 cm³/mol. The Kier molecular flexibility index (Phi) is 46.8. The van der Waals surface area contributed by atoms with Gasteiger partial charge in [-0.2, -0.15) is 0 Å². The summed E-state index contributed by atoms with van der Waals surface area (Å²) in [6.45, 7) is 2.37. The first-order valence-electron chi connectivity index (χ1n) is 28.7. The van der Waals surface area contributed by atoms with E-state index in [9.17, 15) is 68.1 Å². The maximum Gasteiger partial charge on any atom is 0.326 e. The molecule has 0 saturated carbocycles. The van der Waals surface area contributed by atoms with Crippen LogP contribution in [0.2, 0.25) is 0 Å². The molecule has 4 atom stereocenters. The Morgan fingerprint density at radius 2 is 0.812 bits per heavy atom. The van der Waals surface area contributed by atoms with Crippen molar-refractivity contribution < 1.29 is 92.1 Å². The number of nitrogens with one attached hydrogen (secondary N) is 6. The zero-order valence-electron chi connectivity index (χ0n) is 47.6. The molecule has 0 radical (unpaired) electrons. The first kappa shape index (κ1) is 74.4. The normalized spacial score (nSPS) is 12.6. The average molecular weight is 1150 g/mol.